The maximum Gasteiger partial charge on any atom is 0.138 e. The first kappa shape index (κ1) is 13.1. The molecule has 0 saturated heterocycles. The summed E-state index contributed by atoms with van der Waals surface area (Å²) in [5, 5.41) is 13.6. The van der Waals surface area contributed by atoms with Crippen LogP contribution in [0.25, 0.3) is 0 Å². The van der Waals surface area contributed by atoms with Gasteiger partial charge in [-0.05, 0) is 6.42 Å². The highest BCUT2D eigenvalue weighted by Crippen LogP contribution is 2.01. The number of aliphatic hydroxyl groups is 1. The molecule has 6 heteroatoms. The van der Waals surface area contributed by atoms with Crippen molar-refractivity contribution in [1.82, 2.24) is 14.8 Å². The molecule has 1 aromatic heterocycles. The Balaban J connectivity index is 2.11. The first-order valence-corrected chi connectivity index (χ1v) is 5.31. The summed E-state index contributed by atoms with van der Waals surface area (Å²) in [6.07, 6.45) is 2.14. The van der Waals surface area contributed by atoms with Gasteiger partial charge in [0, 0.05) is 27.2 Å². The van der Waals surface area contributed by atoms with Crippen LogP contribution in [0.1, 0.15) is 12.2 Å². The monoisotopic (exact) mass is 229 g/mol. The highest BCUT2D eigenvalue weighted by Gasteiger charge is 2.09. The van der Waals surface area contributed by atoms with Crippen LogP contribution in [0.2, 0.25) is 0 Å². The number of hydrogen-bond acceptors (Lipinski definition) is 5. The van der Waals surface area contributed by atoms with Crippen molar-refractivity contribution in [2.24, 2.45) is 7.05 Å². The number of rotatable bonds is 8. The zero-order chi connectivity index (χ0) is 11.8. The van der Waals surface area contributed by atoms with Crippen LogP contribution in [0, 0.1) is 0 Å². The van der Waals surface area contributed by atoms with Crippen LogP contribution < -0.4 is 0 Å². The average Bonchev–Trinajstić information content (AvgIpc) is 2.64. The lowest BCUT2D eigenvalue weighted by Gasteiger charge is -2.10. The topological polar surface area (TPSA) is 69.4 Å². The van der Waals surface area contributed by atoms with E-state index in [4.69, 9.17) is 9.47 Å². The van der Waals surface area contributed by atoms with Gasteiger partial charge in [-0.2, -0.15) is 5.10 Å². The second-order valence-corrected chi connectivity index (χ2v) is 3.55. The standard InChI is InChI=1S/C10H19N3O3/c1-13-10(11-8-12-13)7-9(14)3-4-16-6-5-15-2/h8-9,14H,3-7H2,1-2H3. The summed E-state index contributed by atoms with van der Waals surface area (Å²) in [5.74, 6) is 0.782. The van der Waals surface area contributed by atoms with Crippen LogP contribution >= 0.6 is 0 Å². The summed E-state index contributed by atoms with van der Waals surface area (Å²) in [6.45, 7) is 1.68. The third kappa shape index (κ3) is 4.69. The Morgan fingerprint density at radius 3 is 2.88 bits per heavy atom. The van der Waals surface area contributed by atoms with Crippen molar-refractivity contribution in [2.45, 2.75) is 18.9 Å². The number of aryl methyl sites for hydroxylation is 1. The smallest absolute Gasteiger partial charge is 0.138 e. The van der Waals surface area contributed by atoms with Gasteiger partial charge >= 0.3 is 0 Å². The summed E-state index contributed by atoms with van der Waals surface area (Å²) < 4.78 is 11.8. The van der Waals surface area contributed by atoms with Crippen LogP contribution in [0.4, 0.5) is 0 Å². The minimum absolute atomic E-state index is 0.439. The Labute approximate surface area is 95.2 Å². The molecular weight excluding hydrogens is 210 g/mol. The Morgan fingerprint density at radius 2 is 2.25 bits per heavy atom. The fourth-order valence-corrected chi connectivity index (χ4v) is 1.28. The van der Waals surface area contributed by atoms with Gasteiger partial charge in [-0.25, -0.2) is 4.98 Å². The van der Waals surface area contributed by atoms with Gasteiger partial charge in [-0.1, -0.05) is 0 Å². The summed E-state index contributed by atoms with van der Waals surface area (Å²) in [4.78, 5) is 4.04. The first-order valence-electron chi connectivity index (χ1n) is 5.31. The van der Waals surface area contributed by atoms with Gasteiger partial charge in [0.2, 0.25) is 0 Å². The molecule has 1 aromatic rings. The average molecular weight is 229 g/mol. The van der Waals surface area contributed by atoms with E-state index in [1.54, 1.807) is 11.8 Å². The van der Waals surface area contributed by atoms with Crippen molar-refractivity contribution >= 4 is 0 Å². The van der Waals surface area contributed by atoms with Crippen molar-refractivity contribution in [2.75, 3.05) is 26.9 Å². The molecule has 0 fully saturated rings. The summed E-state index contributed by atoms with van der Waals surface area (Å²) >= 11 is 0. The molecule has 0 aliphatic carbocycles. The molecule has 1 rings (SSSR count). The molecule has 0 spiro atoms. The van der Waals surface area contributed by atoms with Crippen molar-refractivity contribution in [3.05, 3.63) is 12.2 Å². The number of aliphatic hydroxyl groups excluding tert-OH is 1. The lowest BCUT2D eigenvalue weighted by Crippen LogP contribution is -2.17. The molecule has 0 bridgehead atoms. The molecule has 92 valence electrons. The number of methoxy groups -OCH3 is 1. The van der Waals surface area contributed by atoms with Crippen LogP contribution in [-0.4, -0.2) is 52.9 Å². The SMILES string of the molecule is COCCOCCC(O)Cc1ncnn1C. The largest absolute Gasteiger partial charge is 0.393 e. The number of hydrogen-bond donors (Lipinski definition) is 1. The minimum atomic E-state index is -0.439. The molecule has 1 unspecified atom stereocenters. The molecule has 0 aliphatic heterocycles. The molecule has 1 N–H and O–H groups in total. The fraction of sp³-hybridized carbons (Fsp3) is 0.800. The molecule has 0 saturated carbocycles. The van der Waals surface area contributed by atoms with E-state index in [-0.39, 0.29) is 0 Å². The molecule has 0 aromatic carbocycles. The highest BCUT2D eigenvalue weighted by molar-refractivity contribution is 4.86. The van der Waals surface area contributed by atoms with E-state index in [1.165, 1.54) is 6.33 Å². The molecule has 0 amide bonds. The van der Waals surface area contributed by atoms with Crippen molar-refractivity contribution in [1.29, 1.82) is 0 Å². The second-order valence-electron chi connectivity index (χ2n) is 3.55. The molecule has 6 nitrogen and oxygen atoms in total. The third-order valence-corrected chi connectivity index (χ3v) is 2.25. The van der Waals surface area contributed by atoms with Gasteiger partial charge in [0.25, 0.3) is 0 Å². The third-order valence-electron chi connectivity index (χ3n) is 2.25. The van der Waals surface area contributed by atoms with E-state index >= 15 is 0 Å². The number of ether oxygens (including phenoxy) is 2. The summed E-state index contributed by atoms with van der Waals surface area (Å²) in [7, 11) is 3.44. The lowest BCUT2D eigenvalue weighted by atomic mass is 10.2. The van der Waals surface area contributed by atoms with Crippen molar-refractivity contribution in [3.8, 4) is 0 Å². The van der Waals surface area contributed by atoms with Crippen LogP contribution in [-0.2, 0) is 22.9 Å². The van der Waals surface area contributed by atoms with E-state index in [9.17, 15) is 5.11 Å². The van der Waals surface area contributed by atoms with Gasteiger partial charge in [0.15, 0.2) is 0 Å². The van der Waals surface area contributed by atoms with Gasteiger partial charge in [0.05, 0.1) is 19.3 Å². The van der Waals surface area contributed by atoms with Gasteiger partial charge < -0.3 is 14.6 Å². The van der Waals surface area contributed by atoms with Crippen molar-refractivity contribution < 1.29 is 14.6 Å². The van der Waals surface area contributed by atoms with Crippen LogP contribution in [0.15, 0.2) is 6.33 Å². The lowest BCUT2D eigenvalue weighted by molar-refractivity contribution is 0.0473. The Morgan fingerprint density at radius 1 is 1.44 bits per heavy atom. The molecule has 0 aliphatic rings. The minimum Gasteiger partial charge on any atom is -0.393 e. The first-order chi connectivity index (χ1) is 7.74. The highest BCUT2D eigenvalue weighted by atomic mass is 16.5. The zero-order valence-corrected chi connectivity index (χ0v) is 9.80. The van der Waals surface area contributed by atoms with Crippen LogP contribution in [0.3, 0.4) is 0 Å². The van der Waals surface area contributed by atoms with Gasteiger partial charge in [-0.15, -0.1) is 0 Å². The predicted molar refractivity (Wildman–Crippen MR) is 58.0 cm³/mol. The van der Waals surface area contributed by atoms with E-state index < -0.39 is 6.10 Å². The number of aromatic nitrogens is 3. The molecule has 1 heterocycles. The molecule has 16 heavy (non-hydrogen) atoms. The quantitative estimate of drug-likeness (QED) is 0.624. The van der Waals surface area contributed by atoms with E-state index in [0.29, 0.717) is 32.7 Å². The fourth-order valence-electron chi connectivity index (χ4n) is 1.28. The summed E-state index contributed by atoms with van der Waals surface area (Å²) in [6, 6.07) is 0. The number of nitrogens with zero attached hydrogens (tertiary/aromatic N) is 3. The zero-order valence-electron chi connectivity index (χ0n) is 9.80. The predicted octanol–water partition coefficient (Wildman–Crippen LogP) is -0.228. The van der Waals surface area contributed by atoms with E-state index in [2.05, 4.69) is 10.1 Å². The Hall–Kier alpha value is -0.980. The molecule has 0 radical (unpaired) electrons. The van der Waals surface area contributed by atoms with Crippen molar-refractivity contribution in [3.63, 3.8) is 0 Å². The Bertz CT molecular complexity index is 291. The molecule has 1 atom stereocenters. The maximum atomic E-state index is 9.71. The van der Waals surface area contributed by atoms with E-state index in [1.807, 2.05) is 7.05 Å². The maximum absolute atomic E-state index is 9.71. The van der Waals surface area contributed by atoms with E-state index in [0.717, 1.165) is 5.82 Å². The summed E-state index contributed by atoms with van der Waals surface area (Å²) in [5.41, 5.74) is 0. The van der Waals surface area contributed by atoms with Crippen LogP contribution in [0.5, 0.6) is 0 Å². The normalized spacial score (nSPS) is 12.9. The Kier molecular flexibility index (Phi) is 5.99. The molecular formula is C10H19N3O3. The second kappa shape index (κ2) is 7.32. The van der Waals surface area contributed by atoms with Gasteiger partial charge in [0.1, 0.15) is 12.2 Å². The van der Waals surface area contributed by atoms with Gasteiger partial charge in [-0.3, -0.25) is 4.68 Å².